The van der Waals surface area contributed by atoms with E-state index in [1.807, 2.05) is 0 Å². The normalized spacial score (nSPS) is 14.7. The van der Waals surface area contributed by atoms with E-state index in [-0.39, 0.29) is 0 Å². The summed E-state index contributed by atoms with van der Waals surface area (Å²) in [6.07, 6.45) is 16.1. The fourth-order valence-corrected chi connectivity index (χ4v) is 8.77. The van der Waals surface area contributed by atoms with E-state index in [4.69, 9.17) is 0 Å². The summed E-state index contributed by atoms with van der Waals surface area (Å²) in [5.74, 6) is 0. The molecule has 0 atom stereocenters. The van der Waals surface area contributed by atoms with E-state index in [0.29, 0.717) is 0 Å². The number of hydrogen-bond acceptors (Lipinski definition) is 0. The summed E-state index contributed by atoms with van der Waals surface area (Å²) >= 11 is 0. The third-order valence-corrected chi connectivity index (χ3v) is 11.3. The van der Waals surface area contributed by atoms with Gasteiger partial charge in [-0.3, -0.25) is 0 Å². The van der Waals surface area contributed by atoms with Crippen LogP contribution in [0, 0.1) is 6.92 Å². The summed E-state index contributed by atoms with van der Waals surface area (Å²) in [6.45, 7) is 4.56. The van der Waals surface area contributed by atoms with Crippen molar-refractivity contribution in [1.82, 2.24) is 9.13 Å². The monoisotopic (exact) mass is 668 g/mol. The van der Waals surface area contributed by atoms with Crippen LogP contribution in [0.1, 0.15) is 43.7 Å². The molecule has 0 radical (unpaired) electrons. The van der Waals surface area contributed by atoms with E-state index < -0.39 is 0 Å². The molecule has 8 aromatic rings. The van der Waals surface area contributed by atoms with Crippen LogP contribution in [0.3, 0.4) is 0 Å². The molecule has 6 aromatic carbocycles. The zero-order valence-corrected chi connectivity index (χ0v) is 29.7. The van der Waals surface area contributed by atoms with Crippen molar-refractivity contribution in [2.24, 2.45) is 0 Å². The zero-order valence-electron chi connectivity index (χ0n) is 29.7. The van der Waals surface area contributed by atoms with Gasteiger partial charge in [0.15, 0.2) is 0 Å². The highest BCUT2D eigenvalue weighted by Gasteiger charge is 2.20. The maximum Gasteiger partial charge on any atom is 0.0541 e. The smallest absolute Gasteiger partial charge is 0.0541 e. The number of rotatable bonds is 5. The molecule has 2 nitrogen and oxygen atoms in total. The first-order valence-corrected chi connectivity index (χ1v) is 18.7. The standard InChI is InChI=1S/C50H40N2/c1-33-15-9-10-20-40(33)44-32-39(31-43(34(44)2)35-16-5-3-6-17-35)52-48-24-14-12-22-42(48)46-30-37(26-28-50(46)52)36-25-27-49-45(29-36)41-21-11-13-23-47(41)51(49)38-18-7-4-8-19-38/h3,5-7,11-32H,4,8-10H2,1-2H3. The molecule has 2 aliphatic rings. The topological polar surface area (TPSA) is 9.86 Å². The third-order valence-electron chi connectivity index (χ3n) is 11.3. The Labute approximate surface area is 305 Å². The summed E-state index contributed by atoms with van der Waals surface area (Å²) in [4.78, 5) is 0. The van der Waals surface area contributed by atoms with Crippen molar-refractivity contribution in [3.8, 4) is 27.9 Å². The molecule has 0 aliphatic heterocycles. The SMILES string of the molecule is CC1=CCCC=C1c1cc(-n2c3ccccc3c3cc(-c4ccc5c(c4)c4ccccc4n5C4=CCCC=C4)ccc32)cc(-c2ccccc2)c1C. The van der Waals surface area contributed by atoms with Crippen molar-refractivity contribution in [2.75, 3.05) is 0 Å². The molecule has 2 aliphatic carbocycles. The highest BCUT2D eigenvalue weighted by molar-refractivity contribution is 6.13. The predicted octanol–water partition coefficient (Wildman–Crippen LogP) is 13.8. The number of hydrogen-bond donors (Lipinski definition) is 0. The molecule has 10 rings (SSSR count). The van der Waals surface area contributed by atoms with Gasteiger partial charge in [0, 0.05) is 32.9 Å². The summed E-state index contributed by atoms with van der Waals surface area (Å²) in [5.41, 5.74) is 17.8. The Balaban J connectivity index is 1.17. The second kappa shape index (κ2) is 12.3. The minimum atomic E-state index is 1.08. The number of benzene rings is 6. The molecular weight excluding hydrogens is 629 g/mol. The first-order valence-electron chi connectivity index (χ1n) is 18.7. The van der Waals surface area contributed by atoms with Crippen molar-refractivity contribution in [1.29, 1.82) is 0 Å². The van der Waals surface area contributed by atoms with Gasteiger partial charge >= 0.3 is 0 Å². The maximum absolute atomic E-state index is 2.48. The second-order valence-electron chi connectivity index (χ2n) is 14.4. The molecule has 0 N–H and O–H groups in total. The van der Waals surface area contributed by atoms with Crippen LogP contribution in [-0.4, -0.2) is 9.13 Å². The number of para-hydroxylation sites is 2. The lowest BCUT2D eigenvalue weighted by Crippen LogP contribution is -2.02. The van der Waals surface area contributed by atoms with Crippen molar-refractivity contribution in [2.45, 2.75) is 39.5 Å². The highest BCUT2D eigenvalue weighted by Crippen LogP contribution is 2.41. The summed E-state index contributed by atoms with van der Waals surface area (Å²) < 4.78 is 4.91. The van der Waals surface area contributed by atoms with E-state index in [2.05, 4.69) is 181 Å². The molecular formula is C50H40N2. The van der Waals surface area contributed by atoms with Gasteiger partial charge in [0.25, 0.3) is 0 Å². The van der Waals surface area contributed by atoms with Crippen LogP contribution < -0.4 is 0 Å². The molecule has 0 saturated carbocycles. The minimum Gasteiger partial charge on any atom is -0.310 e. The van der Waals surface area contributed by atoms with Gasteiger partial charge in [-0.1, -0.05) is 103 Å². The molecule has 52 heavy (non-hydrogen) atoms. The largest absolute Gasteiger partial charge is 0.310 e. The lowest BCUT2D eigenvalue weighted by molar-refractivity contribution is 1.02. The molecule has 0 fully saturated rings. The van der Waals surface area contributed by atoms with E-state index in [1.165, 1.54) is 99.5 Å². The summed E-state index contributed by atoms with van der Waals surface area (Å²) in [6, 6.07) is 47.5. The Morgan fingerprint density at radius 2 is 1.02 bits per heavy atom. The molecule has 0 saturated heterocycles. The van der Waals surface area contributed by atoms with Gasteiger partial charge in [0.05, 0.1) is 22.1 Å². The van der Waals surface area contributed by atoms with Crippen molar-refractivity contribution < 1.29 is 0 Å². The lowest BCUT2D eigenvalue weighted by Gasteiger charge is -2.21. The van der Waals surface area contributed by atoms with Crippen LogP contribution >= 0.6 is 0 Å². The molecule has 0 unspecified atom stereocenters. The Morgan fingerprint density at radius 1 is 0.442 bits per heavy atom. The van der Waals surface area contributed by atoms with Crippen molar-refractivity contribution in [3.63, 3.8) is 0 Å². The lowest BCUT2D eigenvalue weighted by atomic mass is 9.86. The van der Waals surface area contributed by atoms with Gasteiger partial charge in [-0.25, -0.2) is 0 Å². The summed E-state index contributed by atoms with van der Waals surface area (Å²) in [7, 11) is 0. The molecule has 2 heterocycles. The molecule has 0 amide bonds. The molecule has 250 valence electrons. The number of nitrogens with zero attached hydrogens (tertiary/aromatic N) is 2. The van der Waals surface area contributed by atoms with Crippen LogP contribution in [0.15, 0.2) is 163 Å². The molecule has 2 heteroatoms. The Kier molecular flexibility index (Phi) is 7.25. The molecule has 0 bridgehead atoms. The fraction of sp³-hybridized carbons (Fsp3) is 0.120. The minimum absolute atomic E-state index is 1.08. The average Bonchev–Trinajstić information content (AvgIpc) is 3.71. The van der Waals surface area contributed by atoms with Gasteiger partial charge in [-0.15, -0.1) is 0 Å². The fourth-order valence-electron chi connectivity index (χ4n) is 8.77. The van der Waals surface area contributed by atoms with Crippen LogP contribution in [0.2, 0.25) is 0 Å². The molecule has 0 spiro atoms. The van der Waals surface area contributed by atoms with E-state index >= 15 is 0 Å². The summed E-state index contributed by atoms with van der Waals surface area (Å²) in [5, 5.41) is 5.12. The average molecular weight is 669 g/mol. The number of aromatic nitrogens is 2. The Morgan fingerprint density at radius 3 is 1.69 bits per heavy atom. The quantitative estimate of drug-likeness (QED) is 0.173. The first kappa shape index (κ1) is 30.7. The van der Waals surface area contributed by atoms with E-state index in [9.17, 15) is 0 Å². The van der Waals surface area contributed by atoms with Crippen molar-refractivity contribution in [3.05, 3.63) is 174 Å². The van der Waals surface area contributed by atoms with Gasteiger partial charge < -0.3 is 9.13 Å². The van der Waals surface area contributed by atoms with Crippen LogP contribution in [0.4, 0.5) is 0 Å². The Bertz CT molecular complexity index is 2850. The van der Waals surface area contributed by atoms with Gasteiger partial charge in [0.2, 0.25) is 0 Å². The number of fused-ring (bicyclic) bond motifs is 6. The number of allylic oxidation sites excluding steroid dienone is 8. The first-order chi connectivity index (χ1) is 25.6. The highest BCUT2D eigenvalue weighted by atomic mass is 15.0. The predicted molar refractivity (Wildman–Crippen MR) is 223 cm³/mol. The van der Waals surface area contributed by atoms with Gasteiger partial charge in [-0.2, -0.15) is 0 Å². The van der Waals surface area contributed by atoms with Gasteiger partial charge in [-0.05, 0) is 139 Å². The van der Waals surface area contributed by atoms with Crippen LogP contribution in [0.5, 0.6) is 0 Å². The van der Waals surface area contributed by atoms with E-state index in [0.717, 1.165) is 25.7 Å². The third kappa shape index (κ3) is 4.86. The zero-order chi connectivity index (χ0) is 34.8. The van der Waals surface area contributed by atoms with Gasteiger partial charge in [0.1, 0.15) is 0 Å². The van der Waals surface area contributed by atoms with Crippen molar-refractivity contribution >= 4 is 54.9 Å². The second-order valence-corrected chi connectivity index (χ2v) is 14.4. The van der Waals surface area contributed by atoms with Crippen LogP contribution in [-0.2, 0) is 0 Å². The Hall–Kier alpha value is -6.12. The van der Waals surface area contributed by atoms with Crippen LogP contribution in [0.25, 0.3) is 82.8 Å². The van der Waals surface area contributed by atoms with E-state index in [1.54, 1.807) is 0 Å². The molecule has 2 aromatic heterocycles. The maximum atomic E-state index is 2.48.